The first-order valence-corrected chi connectivity index (χ1v) is 4.79. The third-order valence-electron chi connectivity index (χ3n) is 1.72. The Morgan fingerprint density at radius 1 is 1.38 bits per heavy atom. The highest BCUT2D eigenvalue weighted by Crippen LogP contribution is 1.93. The molecular formula is C9H20NO3. The van der Waals surface area contributed by atoms with Gasteiger partial charge in [-0.2, -0.15) is 0 Å². The molecule has 1 unspecified atom stereocenters. The number of hydrogen-bond donors (Lipinski definition) is 2. The zero-order valence-corrected chi connectivity index (χ0v) is 8.29. The van der Waals surface area contributed by atoms with Crippen LogP contribution in [0.4, 0.5) is 0 Å². The van der Waals surface area contributed by atoms with Gasteiger partial charge in [-0.05, 0) is 26.3 Å². The van der Waals surface area contributed by atoms with E-state index in [2.05, 4.69) is 5.32 Å². The molecule has 0 rings (SSSR count). The molecule has 0 aliphatic rings. The molecule has 79 valence electrons. The second-order valence-electron chi connectivity index (χ2n) is 3.02. The van der Waals surface area contributed by atoms with Crippen LogP contribution in [0.2, 0.25) is 0 Å². The van der Waals surface area contributed by atoms with E-state index < -0.39 is 0 Å². The van der Waals surface area contributed by atoms with Gasteiger partial charge in [0.1, 0.15) is 0 Å². The lowest BCUT2D eigenvalue weighted by molar-refractivity contribution is 0.0763. The van der Waals surface area contributed by atoms with E-state index in [0.717, 1.165) is 6.42 Å². The van der Waals surface area contributed by atoms with Crippen molar-refractivity contribution in [1.29, 1.82) is 0 Å². The van der Waals surface area contributed by atoms with Crippen molar-refractivity contribution in [3.05, 3.63) is 0 Å². The van der Waals surface area contributed by atoms with Crippen LogP contribution in [0.5, 0.6) is 0 Å². The summed E-state index contributed by atoms with van der Waals surface area (Å²) in [6.07, 6.45) is 1.83. The molecule has 13 heavy (non-hydrogen) atoms. The Morgan fingerprint density at radius 2 is 2.15 bits per heavy atom. The summed E-state index contributed by atoms with van der Waals surface area (Å²) < 4.78 is 5.23. The average molecular weight is 190 g/mol. The van der Waals surface area contributed by atoms with Crippen molar-refractivity contribution in [2.24, 2.45) is 0 Å². The topological polar surface area (TPSA) is 61.4 Å². The van der Waals surface area contributed by atoms with Crippen LogP contribution in [0.15, 0.2) is 0 Å². The highest BCUT2D eigenvalue weighted by Gasteiger charge is 2.01. The summed E-state index contributed by atoms with van der Waals surface area (Å²) in [6, 6.07) is 0. The molecule has 0 aliphatic heterocycles. The molecule has 0 saturated heterocycles. The van der Waals surface area contributed by atoms with E-state index in [1.54, 1.807) is 7.05 Å². The van der Waals surface area contributed by atoms with Gasteiger partial charge >= 0.3 is 0 Å². The second kappa shape index (κ2) is 9.92. The van der Waals surface area contributed by atoms with E-state index in [1.165, 1.54) is 0 Å². The van der Waals surface area contributed by atoms with Gasteiger partial charge in [-0.3, -0.25) is 0 Å². The predicted octanol–water partition coefficient (Wildman–Crippen LogP) is 0.184. The second-order valence-corrected chi connectivity index (χ2v) is 3.02. The lowest BCUT2D eigenvalue weighted by Gasteiger charge is -2.09. The Kier molecular flexibility index (Phi) is 9.80. The molecular weight excluding hydrogens is 170 g/mol. The quantitative estimate of drug-likeness (QED) is 0.510. The summed E-state index contributed by atoms with van der Waals surface area (Å²) in [7, 11) is 1.80. The maximum Gasteiger partial charge on any atom is 0.0823 e. The van der Waals surface area contributed by atoms with Gasteiger partial charge in [0.25, 0.3) is 0 Å². The number of hydrogen-bond acceptors (Lipinski definition) is 3. The van der Waals surface area contributed by atoms with Gasteiger partial charge in [0, 0.05) is 19.8 Å². The van der Waals surface area contributed by atoms with Gasteiger partial charge in [0.2, 0.25) is 0 Å². The normalized spacial score (nSPS) is 13.2. The van der Waals surface area contributed by atoms with Crippen molar-refractivity contribution in [3.63, 3.8) is 0 Å². The fourth-order valence-corrected chi connectivity index (χ4v) is 0.965. The van der Waals surface area contributed by atoms with Crippen molar-refractivity contribution < 1.29 is 14.9 Å². The number of nitrogens with one attached hydrogen (secondary N) is 1. The van der Waals surface area contributed by atoms with Crippen molar-refractivity contribution in [3.8, 4) is 0 Å². The molecule has 0 aliphatic carbocycles. The minimum Gasteiger partial charge on any atom is -0.392 e. The van der Waals surface area contributed by atoms with Gasteiger partial charge in [-0.15, -0.1) is 0 Å². The molecule has 0 saturated carbocycles. The standard InChI is InChI=1S/C9H20NO3/c1-10-8-9(12)4-7-13-6-3-2-5-11/h9-10,12H,2-8H2,1H3. The van der Waals surface area contributed by atoms with Gasteiger partial charge < -0.3 is 15.2 Å². The third kappa shape index (κ3) is 9.76. The fourth-order valence-electron chi connectivity index (χ4n) is 0.965. The van der Waals surface area contributed by atoms with Crippen molar-refractivity contribution >= 4 is 0 Å². The summed E-state index contributed by atoms with van der Waals surface area (Å²) in [6.45, 7) is 1.78. The van der Waals surface area contributed by atoms with Gasteiger partial charge in [0.05, 0.1) is 12.7 Å². The molecule has 1 radical (unpaired) electrons. The Morgan fingerprint density at radius 3 is 2.77 bits per heavy atom. The monoisotopic (exact) mass is 190 g/mol. The van der Waals surface area contributed by atoms with Crippen molar-refractivity contribution in [2.45, 2.75) is 25.4 Å². The maximum absolute atomic E-state index is 10.1. The van der Waals surface area contributed by atoms with E-state index in [1.807, 2.05) is 0 Å². The molecule has 1 atom stereocenters. The van der Waals surface area contributed by atoms with Gasteiger partial charge in [-0.1, -0.05) is 0 Å². The van der Waals surface area contributed by atoms with E-state index in [0.29, 0.717) is 32.6 Å². The molecule has 2 N–H and O–H groups in total. The maximum atomic E-state index is 10.1. The Balaban J connectivity index is 2.97. The molecule has 0 fully saturated rings. The molecule has 4 nitrogen and oxygen atoms in total. The fraction of sp³-hybridized carbons (Fsp3) is 1.00. The van der Waals surface area contributed by atoms with Crippen molar-refractivity contribution in [1.82, 2.24) is 5.32 Å². The number of aliphatic hydroxyl groups excluding tert-OH is 1. The molecule has 0 heterocycles. The molecule has 0 aromatic rings. The summed E-state index contributed by atoms with van der Waals surface area (Å²) in [4.78, 5) is 0. The Hall–Kier alpha value is -0.160. The van der Waals surface area contributed by atoms with Crippen LogP contribution in [0.3, 0.4) is 0 Å². The molecule has 0 aromatic carbocycles. The van der Waals surface area contributed by atoms with Crippen LogP contribution in [0, 0.1) is 0 Å². The van der Waals surface area contributed by atoms with Crippen LogP contribution in [0.25, 0.3) is 0 Å². The zero-order chi connectivity index (χ0) is 9.94. The van der Waals surface area contributed by atoms with Crippen molar-refractivity contribution in [2.75, 3.05) is 33.4 Å². The average Bonchev–Trinajstić information content (AvgIpc) is 2.11. The Labute approximate surface area is 79.9 Å². The summed E-state index contributed by atoms with van der Waals surface area (Å²) >= 11 is 0. The Bertz CT molecular complexity index is 101. The number of unbranched alkanes of at least 4 members (excludes halogenated alkanes) is 1. The number of ether oxygens (including phenoxy) is 1. The minimum atomic E-state index is -0.329. The molecule has 0 amide bonds. The lowest BCUT2D eigenvalue weighted by atomic mass is 10.2. The smallest absolute Gasteiger partial charge is 0.0823 e. The number of aliphatic hydroxyl groups is 1. The van der Waals surface area contributed by atoms with E-state index in [-0.39, 0.29) is 12.7 Å². The van der Waals surface area contributed by atoms with Crippen LogP contribution < -0.4 is 5.32 Å². The summed E-state index contributed by atoms with van der Waals surface area (Å²) in [5.41, 5.74) is 0. The summed E-state index contributed by atoms with van der Waals surface area (Å²) in [5.74, 6) is 0. The van der Waals surface area contributed by atoms with E-state index >= 15 is 0 Å². The number of rotatable bonds is 9. The van der Waals surface area contributed by atoms with Crippen LogP contribution in [-0.4, -0.2) is 44.6 Å². The first-order chi connectivity index (χ1) is 6.31. The molecule has 4 heteroatoms. The lowest BCUT2D eigenvalue weighted by Crippen LogP contribution is -2.24. The molecule has 0 aromatic heterocycles. The van der Waals surface area contributed by atoms with Crippen LogP contribution >= 0.6 is 0 Å². The largest absolute Gasteiger partial charge is 0.392 e. The minimum absolute atomic E-state index is 0.0221. The van der Waals surface area contributed by atoms with Crippen LogP contribution in [0.1, 0.15) is 19.3 Å². The van der Waals surface area contributed by atoms with E-state index in [4.69, 9.17) is 4.74 Å². The first kappa shape index (κ1) is 12.8. The zero-order valence-electron chi connectivity index (χ0n) is 8.29. The molecule has 0 bridgehead atoms. The SMILES string of the molecule is CNCC(O)CCOCCCC[O]. The highest BCUT2D eigenvalue weighted by atomic mass is 16.5. The summed E-state index contributed by atoms with van der Waals surface area (Å²) in [5, 5.41) is 22.2. The van der Waals surface area contributed by atoms with Gasteiger partial charge in [0.15, 0.2) is 0 Å². The van der Waals surface area contributed by atoms with E-state index in [9.17, 15) is 10.2 Å². The first-order valence-electron chi connectivity index (χ1n) is 4.79. The third-order valence-corrected chi connectivity index (χ3v) is 1.72. The highest BCUT2D eigenvalue weighted by molar-refractivity contribution is 4.56. The molecule has 0 spiro atoms. The van der Waals surface area contributed by atoms with Gasteiger partial charge in [-0.25, -0.2) is 5.11 Å². The predicted molar refractivity (Wildman–Crippen MR) is 50.2 cm³/mol. The number of likely N-dealkylation sites (N-methyl/N-ethyl adjacent to an activating group) is 1. The van der Waals surface area contributed by atoms with Crippen LogP contribution in [-0.2, 0) is 9.84 Å².